The summed E-state index contributed by atoms with van der Waals surface area (Å²) >= 11 is 0. The minimum Gasteiger partial charge on any atom is -0.508 e. The predicted molar refractivity (Wildman–Crippen MR) is 73.1 cm³/mol. The van der Waals surface area contributed by atoms with Gasteiger partial charge in [-0.3, -0.25) is 4.79 Å². The van der Waals surface area contributed by atoms with E-state index in [1.54, 1.807) is 12.1 Å². The summed E-state index contributed by atoms with van der Waals surface area (Å²) < 4.78 is 14.2. The number of ketones is 1. The van der Waals surface area contributed by atoms with Gasteiger partial charge in [0.15, 0.2) is 5.78 Å². The molecule has 0 aliphatic heterocycles. The lowest BCUT2D eigenvalue weighted by Gasteiger charge is -2.06. The van der Waals surface area contributed by atoms with Crippen LogP contribution in [0, 0.1) is 12.4 Å². The molecule has 0 fully saturated rings. The van der Waals surface area contributed by atoms with Crippen LogP contribution in [-0.4, -0.2) is 17.4 Å². The molecule has 0 aromatic heterocycles. The number of hydrogen-bond acceptors (Lipinski definition) is 2. The zero-order valence-corrected chi connectivity index (χ0v) is 10.6. The van der Waals surface area contributed by atoms with Gasteiger partial charge >= 0.3 is 0 Å². The Labute approximate surface area is 116 Å². The van der Waals surface area contributed by atoms with E-state index in [-0.39, 0.29) is 24.3 Å². The summed E-state index contributed by atoms with van der Waals surface area (Å²) in [6.07, 6.45) is 0.284. The van der Waals surface area contributed by atoms with Gasteiger partial charge in [-0.2, -0.15) is 0 Å². The predicted octanol–water partition coefficient (Wildman–Crippen LogP) is 3.22. The third-order valence-electron chi connectivity index (χ3n) is 2.95. The van der Waals surface area contributed by atoms with Gasteiger partial charge < -0.3 is 9.95 Å². The van der Waals surface area contributed by atoms with Gasteiger partial charge in [0.05, 0.1) is 5.56 Å². The van der Waals surface area contributed by atoms with Gasteiger partial charge in [-0.1, -0.05) is 12.1 Å². The van der Waals surface area contributed by atoms with E-state index >= 15 is 0 Å². The summed E-state index contributed by atoms with van der Waals surface area (Å²) in [6, 6.07) is 10.3. The minimum atomic E-state index is -0.575. The van der Waals surface area contributed by atoms with E-state index < -0.39 is 11.6 Å². The molecule has 0 spiro atoms. The maximum Gasteiger partial charge on any atom is 0.218 e. The Morgan fingerprint density at radius 2 is 1.90 bits per heavy atom. The second-order valence-corrected chi connectivity index (χ2v) is 4.29. The largest absolute Gasteiger partial charge is 0.508 e. The van der Waals surface area contributed by atoms with Gasteiger partial charge in [0.25, 0.3) is 0 Å². The first-order valence-electron chi connectivity index (χ1n) is 6.08. The first-order valence-corrected chi connectivity index (χ1v) is 6.08. The summed E-state index contributed by atoms with van der Waals surface area (Å²) in [4.78, 5) is 15.4. The zero-order valence-electron chi connectivity index (χ0n) is 10.6. The molecule has 0 aliphatic carbocycles. The number of phenols is 1. The van der Waals surface area contributed by atoms with Crippen molar-refractivity contribution in [2.24, 2.45) is 0 Å². The third-order valence-corrected chi connectivity index (χ3v) is 2.95. The van der Waals surface area contributed by atoms with Crippen molar-refractivity contribution in [2.45, 2.75) is 6.42 Å². The van der Waals surface area contributed by atoms with Gasteiger partial charge in [-0.15, -0.1) is 0 Å². The number of rotatable bonds is 4. The normalized spacial score (nSPS) is 10.0. The molecule has 0 saturated carbocycles. The number of carbonyl (C=O) groups excluding carboxylic acids is 1. The highest BCUT2D eigenvalue weighted by atomic mass is 19.1. The van der Waals surface area contributed by atoms with Crippen molar-refractivity contribution in [1.82, 2.24) is 0 Å². The van der Waals surface area contributed by atoms with Gasteiger partial charge in [0.2, 0.25) is 6.54 Å². The monoisotopic (exact) mass is 269 g/mol. The summed E-state index contributed by atoms with van der Waals surface area (Å²) in [5, 5.41) is 9.19. The molecule has 0 radical (unpaired) electrons. The number of aromatic hydroxyl groups is 1. The van der Waals surface area contributed by atoms with Crippen LogP contribution in [0.1, 0.15) is 21.5 Å². The first-order chi connectivity index (χ1) is 9.63. The van der Waals surface area contributed by atoms with Crippen LogP contribution in [-0.2, 0) is 6.42 Å². The summed E-state index contributed by atoms with van der Waals surface area (Å²) in [5.41, 5.74) is 0.660. The molecule has 2 rings (SSSR count). The maximum absolute atomic E-state index is 14.2. The van der Waals surface area contributed by atoms with Crippen molar-refractivity contribution in [3.8, 4) is 5.75 Å². The summed E-state index contributed by atoms with van der Waals surface area (Å²) in [6.45, 7) is 6.92. The van der Waals surface area contributed by atoms with E-state index in [0.29, 0.717) is 11.1 Å². The Balaban J connectivity index is 2.35. The van der Waals surface area contributed by atoms with E-state index in [1.165, 1.54) is 30.3 Å². The molecular formula is C16H12FNO2. The molecule has 4 heteroatoms. The Kier molecular flexibility index (Phi) is 4.11. The average Bonchev–Trinajstić information content (AvgIpc) is 2.46. The quantitative estimate of drug-likeness (QED) is 0.684. The lowest BCUT2D eigenvalue weighted by molar-refractivity contribution is 0.103. The van der Waals surface area contributed by atoms with Crippen LogP contribution in [0.2, 0.25) is 0 Å². The first kappa shape index (κ1) is 13.8. The average molecular weight is 269 g/mol. The highest BCUT2D eigenvalue weighted by Gasteiger charge is 2.16. The molecule has 2 aromatic carbocycles. The number of phenolic OH excluding ortho intramolecular Hbond substituents is 1. The van der Waals surface area contributed by atoms with Crippen molar-refractivity contribution < 1.29 is 14.3 Å². The SMILES string of the molecule is [C-]#[N+]CCc1cccc(C(=O)c2ccc(O)cc2)c1F. The van der Waals surface area contributed by atoms with Gasteiger partial charge in [-0.25, -0.2) is 11.0 Å². The fourth-order valence-corrected chi connectivity index (χ4v) is 1.89. The molecule has 2 aromatic rings. The minimum absolute atomic E-state index is 0.0156. The summed E-state index contributed by atoms with van der Waals surface area (Å²) in [5.74, 6) is -0.964. The molecule has 0 aliphatic rings. The number of halogens is 1. The van der Waals surface area contributed by atoms with Crippen molar-refractivity contribution in [3.05, 3.63) is 76.4 Å². The maximum atomic E-state index is 14.2. The highest BCUT2D eigenvalue weighted by Crippen LogP contribution is 2.19. The van der Waals surface area contributed by atoms with Gasteiger partial charge in [0.1, 0.15) is 11.6 Å². The lowest BCUT2D eigenvalue weighted by Crippen LogP contribution is -2.07. The van der Waals surface area contributed by atoms with Crippen LogP contribution in [0.3, 0.4) is 0 Å². The van der Waals surface area contributed by atoms with Gasteiger partial charge in [0, 0.05) is 12.0 Å². The van der Waals surface area contributed by atoms with Crippen molar-refractivity contribution in [3.63, 3.8) is 0 Å². The van der Waals surface area contributed by atoms with Crippen LogP contribution in [0.4, 0.5) is 4.39 Å². The fraction of sp³-hybridized carbons (Fsp3) is 0.125. The molecular weight excluding hydrogens is 257 g/mol. The van der Waals surface area contributed by atoms with Crippen LogP contribution in [0.25, 0.3) is 4.85 Å². The van der Waals surface area contributed by atoms with E-state index in [1.807, 2.05) is 0 Å². The molecule has 20 heavy (non-hydrogen) atoms. The zero-order chi connectivity index (χ0) is 14.5. The standard InChI is InChI=1S/C16H12FNO2/c1-18-10-9-11-3-2-4-14(15(11)17)16(20)12-5-7-13(19)8-6-12/h2-8,19H,9-10H2. The van der Waals surface area contributed by atoms with Crippen LogP contribution in [0.5, 0.6) is 5.75 Å². The van der Waals surface area contributed by atoms with Crippen LogP contribution >= 0.6 is 0 Å². The fourth-order valence-electron chi connectivity index (χ4n) is 1.89. The van der Waals surface area contributed by atoms with Crippen molar-refractivity contribution in [2.75, 3.05) is 6.54 Å². The molecule has 0 amide bonds. The van der Waals surface area contributed by atoms with Crippen molar-refractivity contribution >= 4 is 5.78 Å². The van der Waals surface area contributed by atoms with E-state index in [2.05, 4.69) is 4.85 Å². The smallest absolute Gasteiger partial charge is 0.218 e. The molecule has 0 bridgehead atoms. The molecule has 0 unspecified atom stereocenters. The number of nitrogens with zero attached hydrogens (tertiary/aromatic N) is 1. The van der Waals surface area contributed by atoms with E-state index in [0.717, 1.165) is 0 Å². The van der Waals surface area contributed by atoms with Gasteiger partial charge in [-0.05, 0) is 35.9 Å². The second kappa shape index (κ2) is 5.98. The molecule has 3 nitrogen and oxygen atoms in total. The highest BCUT2D eigenvalue weighted by molar-refractivity contribution is 6.09. The summed E-state index contributed by atoms with van der Waals surface area (Å²) in [7, 11) is 0. The Bertz CT molecular complexity index is 672. The molecule has 0 atom stereocenters. The Morgan fingerprint density at radius 1 is 1.20 bits per heavy atom. The van der Waals surface area contributed by atoms with Crippen LogP contribution < -0.4 is 0 Å². The van der Waals surface area contributed by atoms with Crippen LogP contribution in [0.15, 0.2) is 42.5 Å². The number of hydrogen-bond donors (Lipinski definition) is 1. The molecule has 100 valence electrons. The van der Waals surface area contributed by atoms with E-state index in [4.69, 9.17) is 6.57 Å². The molecule has 1 N–H and O–H groups in total. The van der Waals surface area contributed by atoms with Crippen molar-refractivity contribution in [1.29, 1.82) is 0 Å². The molecule has 0 saturated heterocycles. The Morgan fingerprint density at radius 3 is 2.55 bits per heavy atom. The lowest BCUT2D eigenvalue weighted by atomic mass is 9.99. The molecule has 0 heterocycles. The topological polar surface area (TPSA) is 41.7 Å². The second-order valence-electron chi connectivity index (χ2n) is 4.29. The number of benzene rings is 2. The number of carbonyl (C=O) groups is 1. The third kappa shape index (κ3) is 2.83. The Hall–Kier alpha value is -2.67. The van der Waals surface area contributed by atoms with E-state index in [9.17, 15) is 14.3 Å².